The fourth-order valence-corrected chi connectivity index (χ4v) is 4.73. The first-order chi connectivity index (χ1) is 14.4. The number of ether oxygens (including phenoxy) is 3. The number of anilines is 1. The predicted octanol–water partition coefficient (Wildman–Crippen LogP) is 5.40. The number of carbonyl (C=O) groups excluding carboxylic acids is 1. The minimum Gasteiger partial charge on any atom is -0.494 e. The highest BCUT2D eigenvalue weighted by molar-refractivity contribution is 6.01. The lowest BCUT2D eigenvalue weighted by Gasteiger charge is -2.39. The summed E-state index contributed by atoms with van der Waals surface area (Å²) in [6, 6.07) is 12.2. The molecule has 5 rings (SSSR count). The van der Waals surface area contributed by atoms with Gasteiger partial charge in [0.2, 0.25) is 6.79 Å². The molecule has 0 radical (unpaired) electrons. The van der Waals surface area contributed by atoms with E-state index in [0.29, 0.717) is 13.0 Å². The van der Waals surface area contributed by atoms with Gasteiger partial charge in [0.15, 0.2) is 17.3 Å². The number of hydrogen-bond acceptors (Lipinski definition) is 5. The van der Waals surface area contributed by atoms with Crippen LogP contribution < -0.4 is 19.5 Å². The maximum Gasteiger partial charge on any atom is 0.231 e. The molecule has 0 bridgehead atoms. The topological polar surface area (TPSA) is 56.8 Å². The summed E-state index contributed by atoms with van der Waals surface area (Å²) in [6.45, 7) is 7.32. The van der Waals surface area contributed by atoms with Gasteiger partial charge < -0.3 is 19.5 Å². The summed E-state index contributed by atoms with van der Waals surface area (Å²) in [4.78, 5) is 13.3. The lowest BCUT2D eigenvalue weighted by molar-refractivity contribution is -0.118. The first-order valence-electron chi connectivity index (χ1n) is 10.6. The summed E-state index contributed by atoms with van der Waals surface area (Å²) >= 11 is 0. The van der Waals surface area contributed by atoms with Gasteiger partial charge in [-0.1, -0.05) is 32.9 Å². The van der Waals surface area contributed by atoms with Crippen molar-refractivity contribution in [1.29, 1.82) is 0 Å². The second-order valence-corrected chi connectivity index (χ2v) is 9.10. The molecule has 2 aliphatic heterocycles. The van der Waals surface area contributed by atoms with E-state index in [9.17, 15) is 4.79 Å². The molecule has 1 atom stereocenters. The van der Waals surface area contributed by atoms with E-state index in [1.807, 2.05) is 24.3 Å². The third kappa shape index (κ3) is 3.22. The molecule has 2 aromatic carbocycles. The molecule has 0 saturated carbocycles. The van der Waals surface area contributed by atoms with Crippen molar-refractivity contribution < 1.29 is 19.0 Å². The zero-order valence-corrected chi connectivity index (χ0v) is 17.7. The Morgan fingerprint density at radius 2 is 1.83 bits per heavy atom. The van der Waals surface area contributed by atoms with Gasteiger partial charge in [-0.25, -0.2) is 0 Å². The average molecular weight is 405 g/mol. The van der Waals surface area contributed by atoms with Crippen molar-refractivity contribution in [2.75, 3.05) is 18.7 Å². The number of hydrogen-bond donors (Lipinski definition) is 1. The van der Waals surface area contributed by atoms with Gasteiger partial charge in [0.25, 0.3) is 0 Å². The number of fused-ring (bicyclic) bond motifs is 2. The van der Waals surface area contributed by atoms with Crippen molar-refractivity contribution in [3.63, 3.8) is 0 Å². The molecule has 1 N–H and O–H groups in total. The van der Waals surface area contributed by atoms with Crippen LogP contribution in [0, 0.1) is 5.41 Å². The fourth-order valence-electron chi connectivity index (χ4n) is 4.73. The van der Waals surface area contributed by atoms with Crippen molar-refractivity contribution in [1.82, 2.24) is 0 Å². The summed E-state index contributed by atoms with van der Waals surface area (Å²) in [7, 11) is 0. The van der Waals surface area contributed by atoms with E-state index in [1.54, 1.807) is 0 Å². The van der Waals surface area contributed by atoms with Gasteiger partial charge in [-0.3, -0.25) is 4.79 Å². The van der Waals surface area contributed by atoms with Crippen LogP contribution in [0.1, 0.15) is 57.1 Å². The maximum atomic E-state index is 13.3. The van der Waals surface area contributed by atoms with E-state index < -0.39 is 0 Å². The summed E-state index contributed by atoms with van der Waals surface area (Å²) < 4.78 is 17.0. The number of carbonyl (C=O) groups is 1. The standard InChI is InChI=1S/C25H27NO4/c1-4-9-28-16-7-5-15(6-8-16)23-17-10-21-22(30-14-29-21)11-18(17)26-19-12-25(2,3)13-20(27)24(19)23/h5-8,10-11,23,26H,4,9,12-14H2,1-3H3/t23-/m1/s1. The second-order valence-electron chi connectivity index (χ2n) is 9.10. The van der Waals surface area contributed by atoms with Gasteiger partial charge in [-0.15, -0.1) is 0 Å². The highest BCUT2D eigenvalue weighted by Crippen LogP contribution is 2.51. The maximum absolute atomic E-state index is 13.3. The van der Waals surface area contributed by atoms with Gasteiger partial charge in [0.1, 0.15) is 5.75 Å². The van der Waals surface area contributed by atoms with Gasteiger partial charge in [0.05, 0.1) is 6.61 Å². The van der Waals surface area contributed by atoms with Crippen LogP contribution in [-0.2, 0) is 4.79 Å². The van der Waals surface area contributed by atoms with Crippen molar-refractivity contribution in [2.45, 2.75) is 46.0 Å². The molecule has 3 aliphatic rings. The van der Waals surface area contributed by atoms with E-state index in [2.05, 4.69) is 38.2 Å². The predicted molar refractivity (Wildman–Crippen MR) is 115 cm³/mol. The Hall–Kier alpha value is -2.95. The first kappa shape index (κ1) is 19.0. The van der Waals surface area contributed by atoms with E-state index >= 15 is 0 Å². The molecule has 0 aromatic heterocycles. The van der Waals surface area contributed by atoms with Crippen LogP contribution in [0.15, 0.2) is 47.7 Å². The molecule has 0 spiro atoms. The van der Waals surface area contributed by atoms with Crippen molar-refractivity contribution in [3.05, 3.63) is 58.8 Å². The third-order valence-corrected chi connectivity index (χ3v) is 6.04. The molecule has 0 fully saturated rings. The number of Topliss-reactive ketones (excluding diaryl/α,β-unsaturated/α-hetero) is 1. The Morgan fingerprint density at radius 3 is 2.57 bits per heavy atom. The van der Waals surface area contributed by atoms with E-state index in [0.717, 1.165) is 58.2 Å². The fraction of sp³-hybridized carbons (Fsp3) is 0.400. The largest absolute Gasteiger partial charge is 0.494 e. The van der Waals surface area contributed by atoms with Gasteiger partial charge in [-0.2, -0.15) is 0 Å². The van der Waals surface area contributed by atoms with E-state index in [-0.39, 0.29) is 23.9 Å². The molecule has 2 aromatic rings. The van der Waals surface area contributed by atoms with Gasteiger partial charge >= 0.3 is 0 Å². The SMILES string of the molecule is CCCOc1ccc([C@H]2C3=C(CC(C)(C)CC3=O)Nc3cc4c(cc32)OCO4)cc1. The van der Waals surface area contributed by atoms with Crippen LogP contribution >= 0.6 is 0 Å². The summed E-state index contributed by atoms with van der Waals surface area (Å²) in [5.41, 5.74) is 4.97. The number of ketones is 1. The summed E-state index contributed by atoms with van der Waals surface area (Å²) in [5.74, 6) is 2.42. The minimum absolute atomic E-state index is 0.0564. The summed E-state index contributed by atoms with van der Waals surface area (Å²) in [6.07, 6.45) is 2.37. The Morgan fingerprint density at radius 1 is 1.10 bits per heavy atom. The number of allylic oxidation sites excluding steroid dienone is 2. The first-order valence-corrected chi connectivity index (χ1v) is 10.6. The van der Waals surface area contributed by atoms with Crippen molar-refractivity contribution in [2.24, 2.45) is 5.41 Å². The number of rotatable bonds is 4. The zero-order valence-electron chi connectivity index (χ0n) is 17.7. The Bertz CT molecular complexity index is 1040. The van der Waals surface area contributed by atoms with Crippen LogP contribution in [0.25, 0.3) is 0 Å². The molecular weight excluding hydrogens is 378 g/mol. The van der Waals surface area contributed by atoms with Crippen molar-refractivity contribution in [3.8, 4) is 17.2 Å². The highest BCUT2D eigenvalue weighted by Gasteiger charge is 2.41. The molecular formula is C25H27NO4. The lowest BCUT2D eigenvalue weighted by atomic mass is 9.68. The van der Waals surface area contributed by atoms with E-state index in [1.165, 1.54) is 0 Å². The van der Waals surface area contributed by atoms with Crippen LogP contribution in [0.3, 0.4) is 0 Å². The molecule has 5 nitrogen and oxygen atoms in total. The van der Waals surface area contributed by atoms with Gasteiger partial charge in [-0.05, 0) is 47.6 Å². The monoisotopic (exact) mass is 405 g/mol. The Balaban J connectivity index is 1.62. The Labute approximate surface area is 177 Å². The van der Waals surface area contributed by atoms with E-state index in [4.69, 9.17) is 14.2 Å². The normalized spacial score (nSPS) is 21.0. The molecule has 5 heteroatoms. The minimum atomic E-state index is -0.130. The Kier molecular flexibility index (Phi) is 4.49. The smallest absolute Gasteiger partial charge is 0.231 e. The number of nitrogens with one attached hydrogen (secondary N) is 1. The van der Waals surface area contributed by atoms with Crippen LogP contribution in [0.4, 0.5) is 5.69 Å². The van der Waals surface area contributed by atoms with Crippen LogP contribution in [0.2, 0.25) is 0 Å². The molecule has 2 heterocycles. The molecule has 156 valence electrons. The molecule has 0 saturated heterocycles. The lowest BCUT2D eigenvalue weighted by Crippen LogP contribution is -2.33. The summed E-state index contributed by atoms with van der Waals surface area (Å²) in [5, 5.41) is 3.55. The second kappa shape index (κ2) is 7.08. The average Bonchev–Trinajstić information content (AvgIpc) is 3.16. The molecule has 0 amide bonds. The third-order valence-electron chi connectivity index (χ3n) is 6.04. The van der Waals surface area contributed by atoms with Crippen molar-refractivity contribution >= 4 is 11.5 Å². The quantitative estimate of drug-likeness (QED) is 0.738. The molecule has 30 heavy (non-hydrogen) atoms. The highest BCUT2D eigenvalue weighted by atomic mass is 16.7. The molecule has 0 unspecified atom stereocenters. The van der Waals surface area contributed by atoms with Crippen LogP contribution in [0.5, 0.6) is 17.2 Å². The van der Waals surface area contributed by atoms with Gasteiger partial charge in [0, 0.05) is 35.4 Å². The zero-order chi connectivity index (χ0) is 20.9. The molecule has 1 aliphatic carbocycles. The van der Waals surface area contributed by atoms with Crippen LogP contribution in [-0.4, -0.2) is 19.2 Å². The number of benzene rings is 2.